The van der Waals surface area contributed by atoms with Crippen molar-refractivity contribution in [3.05, 3.63) is 59.7 Å². The Morgan fingerprint density at radius 3 is 2.36 bits per heavy atom. The Labute approximate surface area is 147 Å². The van der Waals surface area contributed by atoms with Crippen molar-refractivity contribution in [2.75, 3.05) is 5.32 Å². The summed E-state index contributed by atoms with van der Waals surface area (Å²) in [5, 5.41) is 11.5. The Kier molecular flexibility index (Phi) is 6.17. The molecule has 1 atom stereocenters. The highest BCUT2D eigenvalue weighted by Gasteiger charge is 2.15. The molecule has 0 aliphatic heterocycles. The van der Waals surface area contributed by atoms with E-state index in [4.69, 9.17) is 9.84 Å². The van der Waals surface area contributed by atoms with E-state index in [-0.39, 0.29) is 12.3 Å². The average molecular weight is 341 g/mol. The molecule has 0 saturated heterocycles. The predicted molar refractivity (Wildman–Crippen MR) is 97.0 cm³/mol. The fourth-order valence-electron chi connectivity index (χ4n) is 2.33. The van der Waals surface area contributed by atoms with Crippen LogP contribution in [0.5, 0.6) is 5.75 Å². The second-order valence-electron chi connectivity index (χ2n) is 6.24. The van der Waals surface area contributed by atoms with Crippen LogP contribution < -0.4 is 10.1 Å². The van der Waals surface area contributed by atoms with Crippen LogP contribution in [-0.4, -0.2) is 23.1 Å². The second kappa shape index (κ2) is 8.33. The summed E-state index contributed by atoms with van der Waals surface area (Å²) in [5.74, 6) is -0.106. The Bertz CT molecular complexity index is 738. The van der Waals surface area contributed by atoms with E-state index >= 15 is 0 Å². The molecule has 0 heterocycles. The summed E-state index contributed by atoms with van der Waals surface area (Å²) in [5.41, 5.74) is 2.44. The number of carboxylic acid groups (broad SMARTS) is 1. The van der Waals surface area contributed by atoms with Crippen molar-refractivity contribution < 1.29 is 19.4 Å². The maximum Gasteiger partial charge on any atom is 0.307 e. The van der Waals surface area contributed by atoms with Gasteiger partial charge in [-0.1, -0.05) is 38.1 Å². The Morgan fingerprint density at radius 1 is 1.08 bits per heavy atom. The molecule has 0 aromatic heterocycles. The average Bonchev–Trinajstić information content (AvgIpc) is 2.56. The third kappa shape index (κ3) is 5.64. The molecular formula is C20H23NO4. The van der Waals surface area contributed by atoms with Crippen LogP contribution in [0.4, 0.5) is 5.69 Å². The lowest BCUT2D eigenvalue weighted by Crippen LogP contribution is -2.30. The lowest BCUT2D eigenvalue weighted by atomic mass is 10.0. The molecule has 2 N–H and O–H groups in total. The predicted octanol–water partition coefficient (Wildman–Crippen LogP) is 3.84. The van der Waals surface area contributed by atoms with Gasteiger partial charge in [0.2, 0.25) is 0 Å². The molecule has 1 unspecified atom stereocenters. The van der Waals surface area contributed by atoms with Crippen LogP contribution >= 0.6 is 0 Å². The fourth-order valence-corrected chi connectivity index (χ4v) is 2.33. The summed E-state index contributed by atoms with van der Waals surface area (Å²) in [7, 11) is 0. The first-order valence-electron chi connectivity index (χ1n) is 8.23. The SMILES string of the molecule is CC(Oc1cccc(C(C)C)c1)C(=O)Nc1ccc(CC(=O)O)cc1. The van der Waals surface area contributed by atoms with E-state index < -0.39 is 12.1 Å². The molecule has 1 amide bonds. The van der Waals surface area contributed by atoms with Gasteiger partial charge in [0, 0.05) is 5.69 Å². The zero-order valence-corrected chi connectivity index (χ0v) is 14.7. The van der Waals surface area contributed by atoms with Gasteiger partial charge >= 0.3 is 5.97 Å². The van der Waals surface area contributed by atoms with Gasteiger partial charge in [-0.05, 0) is 48.2 Å². The first-order chi connectivity index (χ1) is 11.8. The number of nitrogens with one attached hydrogen (secondary N) is 1. The minimum absolute atomic E-state index is 0.0417. The molecule has 2 aromatic rings. The van der Waals surface area contributed by atoms with Crippen LogP contribution in [-0.2, 0) is 16.0 Å². The topological polar surface area (TPSA) is 75.6 Å². The fraction of sp³-hybridized carbons (Fsp3) is 0.300. The van der Waals surface area contributed by atoms with Crippen molar-refractivity contribution in [1.82, 2.24) is 0 Å². The number of ether oxygens (including phenoxy) is 1. The molecular weight excluding hydrogens is 318 g/mol. The Morgan fingerprint density at radius 2 is 1.76 bits per heavy atom. The Balaban J connectivity index is 1.96. The highest BCUT2D eigenvalue weighted by molar-refractivity contribution is 5.94. The Hall–Kier alpha value is -2.82. The van der Waals surface area contributed by atoms with E-state index in [1.54, 1.807) is 31.2 Å². The number of carboxylic acids is 1. The molecule has 2 rings (SSSR count). The number of amides is 1. The lowest BCUT2D eigenvalue weighted by molar-refractivity contribution is -0.136. The summed E-state index contributed by atoms with van der Waals surface area (Å²) in [4.78, 5) is 22.9. The number of aliphatic carboxylic acids is 1. The summed E-state index contributed by atoms with van der Waals surface area (Å²) < 4.78 is 5.73. The van der Waals surface area contributed by atoms with Gasteiger partial charge in [0.05, 0.1) is 6.42 Å². The molecule has 0 aliphatic carbocycles. The van der Waals surface area contributed by atoms with Gasteiger partial charge in [-0.25, -0.2) is 0 Å². The highest BCUT2D eigenvalue weighted by Crippen LogP contribution is 2.21. The zero-order valence-electron chi connectivity index (χ0n) is 14.7. The molecule has 0 saturated carbocycles. The molecule has 132 valence electrons. The normalized spacial score (nSPS) is 11.8. The van der Waals surface area contributed by atoms with Crippen LogP contribution in [0.2, 0.25) is 0 Å². The van der Waals surface area contributed by atoms with E-state index in [1.165, 1.54) is 0 Å². The van der Waals surface area contributed by atoms with Crippen molar-refractivity contribution in [3.8, 4) is 5.75 Å². The number of benzene rings is 2. The third-order valence-electron chi connectivity index (χ3n) is 3.78. The number of rotatable bonds is 7. The van der Waals surface area contributed by atoms with Crippen molar-refractivity contribution >= 4 is 17.6 Å². The molecule has 5 nitrogen and oxygen atoms in total. The highest BCUT2D eigenvalue weighted by atomic mass is 16.5. The zero-order chi connectivity index (χ0) is 18.4. The van der Waals surface area contributed by atoms with Gasteiger partial charge in [0.25, 0.3) is 5.91 Å². The summed E-state index contributed by atoms with van der Waals surface area (Å²) in [6.07, 6.45) is -0.693. The molecule has 0 fully saturated rings. The summed E-state index contributed by atoms with van der Waals surface area (Å²) in [6.45, 7) is 5.89. The van der Waals surface area contributed by atoms with Gasteiger partial charge in [-0.3, -0.25) is 9.59 Å². The molecule has 0 spiro atoms. The van der Waals surface area contributed by atoms with Crippen LogP contribution in [0.25, 0.3) is 0 Å². The molecule has 5 heteroatoms. The van der Waals surface area contributed by atoms with Gasteiger partial charge in [0.1, 0.15) is 5.75 Å². The van der Waals surface area contributed by atoms with E-state index in [2.05, 4.69) is 19.2 Å². The van der Waals surface area contributed by atoms with Gasteiger partial charge in [0.15, 0.2) is 6.10 Å². The molecule has 0 bridgehead atoms. The first kappa shape index (κ1) is 18.5. The lowest BCUT2D eigenvalue weighted by Gasteiger charge is -2.16. The number of anilines is 1. The standard InChI is InChI=1S/C20H23NO4/c1-13(2)16-5-4-6-18(12-16)25-14(3)20(24)21-17-9-7-15(8-10-17)11-19(22)23/h4-10,12-14H,11H2,1-3H3,(H,21,24)(H,22,23). The summed E-state index contributed by atoms with van der Waals surface area (Å²) in [6, 6.07) is 14.4. The first-order valence-corrected chi connectivity index (χ1v) is 8.23. The second-order valence-corrected chi connectivity index (χ2v) is 6.24. The van der Waals surface area contributed by atoms with Gasteiger partial charge in [-0.2, -0.15) is 0 Å². The van der Waals surface area contributed by atoms with E-state index in [0.29, 0.717) is 22.9 Å². The molecule has 2 aromatic carbocycles. The largest absolute Gasteiger partial charge is 0.481 e. The smallest absolute Gasteiger partial charge is 0.307 e. The van der Waals surface area contributed by atoms with Crippen LogP contribution in [0.1, 0.15) is 37.8 Å². The number of carbonyl (C=O) groups is 2. The van der Waals surface area contributed by atoms with Crippen molar-refractivity contribution in [3.63, 3.8) is 0 Å². The maximum absolute atomic E-state index is 12.3. The van der Waals surface area contributed by atoms with Crippen LogP contribution in [0.3, 0.4) is 0 Å². The van der Waals surface area contributed by atoms with E-state index in [0.717, 1.165) is 5.56 Å². The van der Waals surface area contributed by atoms with E-state index in [1.807, 2.05) is 24.3 Å². The van der Waals surface area contributed by atoms with Crippen molar-refractivity contribution in [1.29, 1.82) is 0 Å². The number of carbonyl (C=O) groups excluding carboxylic acids is 1. The number of hydrogen-bond acceptors (Lipinski definition) is 3. The molecule has 0 aliphatic rings. The quantitative estimate of drug-likeness (QED) is 0.802. The van der Waals surface area contributed by atoms with Crippen molar-refractivity contribution in [2.45, 2.75) is 39.2 Å². The van der Waals surface area contributed by atoms with Crippen LogP contribution in [0, 0.1) is 0 Å². The van der Waals surface area contributed by atoms with Gasteiger partial charge < -0.3 is 15.2 Å². The number of hydrogen-bond donors (Lipinski definition) is 2. The monoisotopic (exact) mass is 341 g/mol. The minimum Gasteiger partial charge on any atom is -0.481 e. The van der Waals surface area contributed by atoms with Crippen LogP contribution in [0.15, 0.2) is 48.5 Å². The third-order valence-corrected chi connectivity index (χ3v) is 3.78. The summed E-state index contributed by atoms with van der Waals surface area (Å²) >= 11 is 0. The maximum atomic E-state index is 12.3. The molecule has 25 heavy (non-hydrogen) atoms. The van der Waals surface area contributed by atoms with Gasteiger partial charge in [-0.15, -0.1) is 0 Å². The van der Waals surface area contributed by atoms with Crippen molar-refractivity contribution in [2.24, 2.45) is 0 Å². The molecule has 0 radical (unpaired) electrons. The van der Waals surface area contributed by atoms with E-state index in [9.17, 15) is 9.59 Å². The minimum atomic E-state index is -0.887.